The van der Waals surface area contributed by atoms with Gasteiger partial charge in [0.15, 0.2) is 6.61 Å². The van der Waals surface area contributed by atoms with Crippen LogP contribution in [0.1, 0.15) is 15.9 Å². The summed E-state index contributed by atoms with van der Waals surface area (Å²) in [5.74, 6) is 0.427. The van der Waals surface area contributed by atoms with Gasteiger partial charge in [-0.2, -0.15) is 0 Å². The molecule has 3 rings (SSSR count). The Morgan fingerprint density at radius 3 is 2.41 bits per heavy atom. The molecule has 6 nitrogen and oxygen atoms in total. The number of methoxy groups -OCH3 is 2. The average Bonchev–Trinajstić information content (AvgIpc) is 2.76. The van der Waals surface area contributed by atoms with E-state index in [1.807, 2.05) is 36.4 Å². The van der Waals surface area contributed by atoms with Gasteiger partial charge < -0.3 is 19.1 Å². The molecule has 0 saturated heterocycles. The number of benzene rings is 3. The summed E-state index contributed by atoms with van der Waals surface area (Å²) in [4.78, 5) is 25.9. The van der Waals surface area contributed by atoms with E-state index in [1.54, 1.807) is 43.3 Å². The Hall–Kier alpha value is -3.54. The van der Waals surface area contributed by atoms with Gasteiger partial charge in [-0.15, -0.1) is 0 Å². The molecule has 0 aliphatic heterocycles. The number of carbonyl (C=O) groups excluding carboxylic acids is 2. The van der Waals surface area contributed by atoms with Crippen LogP contribution in [-0.4, -0.2) is 44.7 Å². The number of amides is 1. The quantitative estimate of drug-likeness (QED) is 0.573. The molecule has 0 aromatic heterocycles. The molecule has 0 saturated carbocycles. The summed E-state index contributed by atoms with van der Waals surface area (Å²) in [6, 6.07) is 18.6. The van der Waals surface area contributed by atoms with E-state index >= 15 is 0 Å². The van der Waals surface area contributed by atoms with Crippen molar-refractivity contribution in [2.24, 2.45) is 0 Å². The fourth-order valence-electron chi connectivity index (χ4n) is 2.98. The van der Waals surface area contributed by atoms with Gasteiger partial charge in [0.05, 0.1) is 14.2 Å². The molecule has 0 unspecified atom stereocenters. The third-order valence-electron chi connectivity index (χ3n) is 4.60. The van der Waals surface area contributed by atoms with Crippen LogP contribution in [0.25, 0.3) is 10.8 Å². The lowest BCUT2D eigenvalue weighted by molar-refractivity contribution is -0.132. The number of hydrogen-bond acceptors (Lipinski definition) is 5. The molecule has 6 heteroatoms. The summed E-state index contributed by atoms with van der Waals surface area (Å²) in [7, 11) is 4.66. The van der Waals surface area contributed by atoms with Gasteiger partial charge in [-0.1, -0.05) is 30.3 Å². The third kappa shape index (κ3) is 4.85. The first-order chi connectivity index (χ1) is 14.0. The van der Waals surface area contributed by atoms with E-state index in [2.05, 4.69) is 0 Å². The summed E-state index contributed by atoms with van der Waals surface area (Å²) >= 11 is 0. The lowest BCUT2D eigenvalue weighted by Crippen LogP contribution is -2.31. The fourth-order valence-corrected chi connectivity index (χ4v) is 2.98. The van der Waals surface area contributed by atoms with Gasteiger partial charge in [-0.05, 0) is 46.7 Å². The van der Waals surface area contributed by atoms with Crippen LogP contribution in [0.15, 0.2) is 60.7 Å². The second-order valence-corrected chi connectivity index (χ2v) is 6.57. The molecule has 0 radical (unpaired) electrons. The predicted molar refractivity (Wildman–Crippen MR) is 110 cm³/mol. The van der Waals surface area contributed by atoms with Gasteiger partial charge in [-0.3, -0.25) is 4.79 Å². The van der Waals surface area contributed by atoms with E-state index in [0.717, 1.165) is 22.1 Å². The van der Waals surface area contributed by atoms with Crippen molar-refractivity contribution in [2.45, 2.75) is 6.54 Å². The van der Waals surface area contributed by atoms with Crippen molar-refractivity contribution in [1.29, 1.82) is 0 Å². The molecule has 0 atom stereocenters. The van der Waals surface area contributed by atoms with E-state index < -0.39 is 5.97 Å². The SMILES string of the molecule is COC(=O)c1ccccc1OCC(=O)N(C)Cc1ccc2cc(OC)ccc2c1. The number of hydrogen-bond donors (Lipinski definition) is 0. The lowest BCUT2D eigenvalue weighted by atomic mass is 10.1. The van der Waals surface area contributed by atoms with Crippen LogP contribution < -0.4 is 9.47 Å². The first kappa shape index (κ1) is 20.2. The van der Waals surface area contributed by atoms with Crippen LogP contribution in [-0.2, 0) is 16.1 Å². The van der Waals surface area contributed by atoms with E-state index in [-0.39, 0.29) is 18.1 Å². The Morgan fingerprint density at radius 2 is 1.66 bits per heavy atom. The molecule has 29 heavy (non-hydrogen) atoms. The van der Waals surface area contributed by atoms with E-state index in [0.29, 0.717) is 12.3 Å². The lowest BCUT2D eigenvalue weighted by Gasteiger charge is -2.18. The molecule has 3 aromatic carbocycles. The predicted octanol–water partition coefficient (Wildman–Crippen LogP) is 3.67. The van der Waals surface area contributed by atoms with Crippen LogP contribution in [0.2, 0.25) is 0 Å². The van der Waals surface area contributed by atoms with Gasteiger partial charge in [0.1, 0.15) is 17.1 Å². The van der Waals surface area contributed by atoms with E-state index in [1.165, 1.54) is 7.11 Å². The standard InChI is InChI=1S/C23H23NO5/c1-24(14-16-8-9-18-13-19(27-2)11-10-17(18)12-16)22(25)15-29-21-7-5-4-6-20(21)23(26)28-3/h4-13H,14-15H2,1-3H3. The summed E-state index contributed by atoms with van der Waals surface area (Å²) in [6.45, 7) is 0.276. The maximum atomic E-state index is 12.5. The van der Waals surface area contributed by atoms with Gasteiger partial charge in [0, 0.05) is 13.6 Å². The largest absolute Gasteiger partial charge is 0.497 e. The normalized spacial score (nSPS) is 10.4. The summed E-state index contributed by atoms with van der Waals surface area (Å²) in [5.41, 5.74) is 1.30. The number of likely N-dealkylation sites (N-methyl/N-ethyl adjacent to an activating group) is 1. The molecule has 1 amide bonds. The highest BCUT2D eigenvalue weighted by molar-refractivity contribution is 5.92. The highest BCUT2D eigenvalue weighted by Gasteiger charge is 2.15. The summed E-state index contributed by atoms with van der Waals surface area (Å²) in [5, 5.41) is 2.15. The van der Waals surface area contributed by atoms with Crippen molar-refractivity contribution < 1.29 is 23.8 Å². The van der Waals surface area contributed by atoms with Crippen molar-refractivity contribution in [3.05, 3.63) is 71.8 Å². The molecule has 150 valence electrons. The number of para-hydroxylation sites is 1. The number of esters is 1. The fraction of sp³-hybridized carbons (Fsp3) is 0.217. The second kappa shape index (κ2) is 9.10. The first-order valence-electron chi connectivity index (χ1n) is 9.12. The Balaban J connectivity index is 1.64. The zero-order valence-corrected chi connectivity index (χ0v) is 16.7. The summed E-state index contributed by atoms with van der Waals surface area (Å²) < 4.78 is 15.6. The van der Waals surface area contributed by atoms with Crippen LogP contribution >= 0.6 is 0 Å². The van der Waals surface area contributed by atoms with Gasteiger partial charge in [0.25, 0.3) is 5.91 Å². The minimum Gasteiger partial charge on any atom is -0.497 e. The van der Waals surface area contributed by atoms with Gasteiger partial charge in [0.2, 0.25) is 0 Å². The molecule has 0 fully saturated rings. The molecule has 0 spiro atoms. The zero-order chi connectivity index (χ0) is 20.8. The highest BCUT2D eigenvalue weighted by Crippen LogP contribution is 2.22. The maximum absolute atomic E-state index is 12.5. The zero-order valence-electron chi connectivity index (χ0n) is 16.7. The van der Waals surface area contributed by atoms with E-state index in [4.69, 9.17) is 14.2 Å². The van der Waals surface area contributed by atoms with Crippen molar-refractivity contribution in [1.82, 2.24) is 4.90 Å². The molecular formula is C23H23NO5. The van der Waals surface area contributed by atoms with E-state index in [9.17, 15) is 9.59 Å². The Kier molecular flexibility index (Phi) is 6.34. The second-order valence-electron chi connectivity index (χ2n) is 6.57. The Morgan fingerprint density at radius 1 is 0.931 bits per heavy atom. The molecule has 0 bridgehead atoms. The molecule has 0 heterocycles. The Bertz CT molecular complexity index is 1030. The number of ether oxygens (including phenoxy) is 3. The minimum atomic E-state index is -0.505. The topological polar surface area (TPSA) is 65.1 Å². The number of carbonyl (C=O) groups is 2. The van der Waals surface area contributed by atoms with Crippen molar-refractivity contribution in [3.8, 4) is 11.5 Å². The molecule has 3 aromatic rings. The smallest absolute Gasteiger partial charge is 0.341 e. The van der Waals surface area contributed by atoms with Crippen molar-refractivity contribution >= 4 is 22.6 Å². The van der Waals surface area contributed by atoms with Crippen LogP contribution in [0.4, 0.5) is 0 Å². The van der Waals surface area contributed by atoms with Crippen LogP contribution in [0.5, 0.6) is 11.5 Å². The highest BCUT2D eigenvalue weighted by atomic mass is 16.5. The van der Waals surface area contributed by atoms with Crippen LogP contribution in [0.3, 0.4) is 0 Å². The van der Waals surface area contributed by atoms with Gasteiger partial charge >= 0.3 is 5.97 Å². The molecular weight excluding hydrogens is 370 g/mol. The molecule has 0 aliphatic carbocycles. The van der Waals surface area contributed by atoms with Crippen LogP contribution in [0, 0.1) is 0 Å². The number of fused-ring (bicyclic) bond motifs is 1. The summed E-state index contributed by atoms with van der Waals surface area (Å²) in [6.07, 6.45) is 0. The average molecular weight is 393 g/mol. The minimum absolute atomic E-state index is 0.171. The number of nitrogens with zero attached hydrogens (tertiary/aromatic N) is 1. The van der Waals surface area contributed by atoms with Crippen molar-refractivity contribution in [2.75, 3.05) is 27.9 Å². The third-order valence-corrected chi connectivity index (χ3v) is 4.60. The monoisotopic (exact) mass is 393 g/mol. The first-order valence-corrected chi connectivity index (χ1v) is 9.12. The maximum Gasteiger partial charge on any atom is 0.341 e. The number of rotatable bonds is 7. The molecule has 0 N–H and O–H groups in total. The molecule has 0 aliphatic rings. The Labute approximate surface area is 169 Å². The van der Waals surface area contributed by atoms with Crippen molar-refractivity contribution in [3.63, 3.8) is 0 Å². The van der Waals surface area contributed by atoms with Gasteiger partial charge in [-0.25, -0.2) is 4.79 Å².